The van der Waals surface area contributed by atoms with E-state index in [2.05, 4.69) is 15.4 Å². The van der Waals surface area contributed by atoms with E-state index in [0.29, 0.717) is 30.9 Å². The van der Waals surface area contributed by atoms with Gasteiger partial charge < -0.3 is 10.1 Å². The summed E-state index contributed by atoms with van der Waals surface area (Å²) in [5, 5.41) is 15.8. The molecule has 0 atom stereocenters. The van der Waals surface area contributed by atoms with Gasteiger partial charge in [0, 0.05) is 25.8 Å². The van der Waals surface area contributed by atoms with Crippen molar-refractivity contribution in [3.63, 3.8) is 0 Å². The van der Waals surface area contributed by atoms with Gasteiger partial charge in [0.05, 0.1) is 12.3 Å². The van der Waals surface area contributed by atoms with Crippen LogP contribution in [0.1, 0.15) is 11.4 Å². The molecule has 1 aromatic carbocycles. The molecule has 0 fully saturated rings. The molecule has 0 saturated heterocycles. The van der Waals surface area contributed by atoms with E-state index in [-0.39, 0.29) is 11.6 Å². The number of rotatable bonds is 6. The van der Waals surface area contributed by atoms with E-state index in [1.165, 1.54) is 17.1 Å². The number of aromatic nitrogens is 3. The first-order chi connectivity index (χ1) is 9.76. The van der Waals surface area contributed by atoms with E-state index in [1.54, 1.807) is 19.2 Å². The summed E-state index contributed by atoms with van der Waals surface area (Å²) >= 11 is 0. The number of nitrogens with one attached hydrogen (secondary N) is 1. The Morgan fingerprint density at radius 2 is 2.35 bits per heavy atom. The Bertz CT molecular complexity index is 619. The van der Waals surface area contributed by atoms with Gasteiger partial charge in [0.15, 0.2) is 0 Å². The van der Waals surface area contributed by atoms with Gasteiger partial charge in [0.1, 0.15) is 18.2 Å². The number of hydrogen-bond acceptors (Lipinski definition) is 5. The molecule has 2 rings (SSSR count). The van der Waals surface area contributed by atoms with Crippen molar-refractivity contribution >= 4 is 0 Å². The molecule has 7 heteroatoms. The molecule has 104 valence electrons. The molecular formula is C13H14FN5O. The monoisotopic (exact) mass is 275 g/mol. The number of hydrogen-bond donors (Lipinski definition) is 1. The van der Waals surface area contributed by atoms with Crippen molar-refractivity contribution in [2.45, 2.75) is 6.54 Å². The zero-order chi connectivity index (χ0) is 14.4. The fourth-order valence-electron chi connectivity index (χ4n) is 1.75. The molecule has 1 N–H and O–H groups in total. The minimum Gasteiger partial charge on any atom is -0.383 e. The quantitative estimate of drug-likeness (QED) is 0.796. The summed E-state index contributed by atoms with van der Waals surface area (Å²) in [6.07, 6.45) is 1.39. The van der Waals surface area contributed by atoms with Crippen molar-refractivity contribution < 1.29 is 9.13 Å². The number of benzene rings is 1. The van der Waals surface area contributed by atoms with Crippen LogP contribution in [-0.2, 0) is 11.3 Å². The van der Waals surface area contributed by atoms with Gasteiger partial charge in [-0.1, -0.05) is 6.07 Å². The van der Waals surface area contributed by atoms with Crippen LogP contribution in [0.2, 0.25) is 0 Å². The van der Waals surface area contributed by atoms with Gasteiger partial charge in [-0.25, -0.2) is 14.1 Å². The number of methoxy groups -OCH3 is 1. The summed E-state index contributed by atoms with van der Waals surface area (Å²) in [4.78, 5) is 3.82. The van der Waals surface area contributed by atoms with Crippen LogP contribution in [0.3, 0.4) is 0 Å². The summed E-state index contributed by atoms with van der Waals surface area (Å²) in [7, 11) is 1.61. The highest BCUT2D eigenvalue weighted by Gasteiger charge is 2.11. The largest absolute Gasteiger partial charge is 0.383 e. The molecule has 0 aliphatic carbocycles. The second-order valence-electron chi connectivity index (χ2n) is 4.03. The average Bonchev–Trinajstić information content (AvgIpc) is 2.93. The zero-order valence-corrected chi connectivity index (χ0v) is 11.0. The van der Waals surface area contributed by atoms with Crippen molar-refractivity contribution in [1.82, 2.24) is 20.1 Å². The Morgan fingerprint density at radius 1 is 1.50 bits per heavy atom. The first kappa shape index (κ1) is 14.1. The lowest BCUT2D eigenvalue weighted by molar-refractivity contribution is 0.199. The third-order valence-corrected chi connectivity index (χ3v) is 2.72. The molecule has 0 spiro atoms. The molecule has 0 aliphatic rings. The molecule has 0 aliphatic heterocycles. The van der Waals surface area contributed by atoms with Crippen LogP contribution < -0.4 is 5.32 Å². The lowest BCUT2D eigenvalue weighted by atomic mass is 10.1. The maximum absolute atomic E-state index is 13.9. The Balaban J connectivity index is 2.24. The van der Waals surface area contributed by atoms with E-state index >= 15 is 0 Å². The first-order valence-corrected chi connectivity index (χ1v) is 6.05. The van der Waals surface area contributed by atoms with Crippen LogP contribution in [0.5, 0.6) is 0 Å². The van der Waals surface area contributed by atoms with Crippen LogP contribution >= 0.6 is 0 Å². The number of nitrogens with zero attached hydrogens (tertiary/aromatic N) is 4. The van der Waals surface area contributed by atoms with Gasteiger partial charge in [0.2, 0.25) is 0 Å². The molecule has 1 aromatic heterocycles. The third-order valence-electron chi connectivity index (χ3n) is 2.72. The summed E-state index contributed by atoms with van der Waals surface area (Å²) in [5.41, 5.74) is 1.03. The summed E-state index contributed by atoms with van der Waals surface area (Å²) in [6, 6.07) is 6.55. The summed E-state index contributed by atoms with van der Waals surface area (Å²) in [6.45, 7) is 1.50. The van der Waals surface area contributed by atoms with Gasteiger partial charge in [-0.15, -0.1) is 5.10 Å². The fraction of sp³-hybridized carbons (Fsp3) is 0.308. The van der Waals surface area contributed by atoms with Crippen LogP contribution in [0.4, 0.5) is 4.39 Å². The minimum absolute atomic E-state index is 0.0487. The predicted molar refractivity (Wildman–Crippen MR) is 69.6 cm³/mol. The lowest BCUT2D eigenvalue weighted by Crippen LogP contribution is -2.20. The van der Waals surface area contributed by atoms with Gasteiger partial charge in [-0.2, -0.15) is 5.26 Å². The molecule has 0 amide bonds. The maximum Gasteiger partial charge on any atom is 0.252 e. The molecule has 2 aromatic rings. The van der Waals surface area contributed by atoms with Gasteiger partial charge in [-0.3, -0.25) is 0 Å². The highest BCUT2D eigenvalue weighted by Crippen LogP contribution is 2.17. The number of nitriles is 1. The average molecular weight is 275 g/mol. The molecule has 20 heavy (non-hydrogen) atoms. The van der Waals surface area contributed by atoms with Gasteiger partial charge in [-0.05, 0) is 12.1 Å². The van der Waals surface area contributed by atoms with Crippen molar-refractivity contribution in [3.8, 4) is 11.8 Å². The van der Waals surface area contributed by atoms with Crippen LogP contribution in [-0.4, -0.2) is 35.0 Å². The van der Waals surface area contributed by atoms with Gasteiger partial charge in [0.25, 0.3) is 5.82 Å². The summed E-state index contributed by atoms with van der Waals surface area (Å²) < 4.78 is 20.3. The maximum atomic E-state index is 13.9. The molecule has 1 heterocycles. The fourth-order valence-corrected chi connectivity index (χ4v) is 1.75. The summed E-state index contributed by atoms with van der Waals surface area (Å²) in [5.74, 6) is -0.283. The van der Waals surface area contributed by atoms with Crippen LogP contribution in [0.25, 0.3) is 5.69 Å². The molecular weight excluding hydrogens is 261 g/mol. The Hall–Kier alpha value is -2.30. The predicted octanol–water partition coefficient (Wildman–Crippen LogP) is 1.01. The van der Waals surface area contributed by atoms with E-state index in [4.69, 9.17) is 10.00 Å². The third kappa shape index (κ3) is 3.17. The Morgan fingerprint density at radius 3 is 3.05 bits per heavy atom. The van der Waals surface area contributed by atoms with Crippen molar-refractivity contribution in [1.29, 1.82) is 5.26 Å². The Kier molecular flexibility index (Phi) is 4.76. The van der Waals surface area contributed by atoms with Crippen LogP contribution in [0, 0.1) is 17.1 Å². The van der Waals surface area contributed by atoms with Crippen molar-refractivity contribution in [3.05, 3.63) is 41.7 Å². The number of ether oxygens (including phenoxy) is 1. The van der Waals surface area contributed by atoms with E-state index in [9.17, 15) is 4.39 Å². The van der Waals surface area contributed by atoms with Crippen molar-refractivity contribution in [2.75, 3.05) is 20.3 Å². The standard InChI is InChI=1S/C13H14FN5O/c1-20-6-5-16-8-10-11(14)3-2-4-12(10)19-9-17-13(7-15)18-19/h2-4,9,16H,5-6,8H2,1H3. The van der Waals surface area contributed by atoms with Crippen molar-refractivity contribution in [2.24, 2.45) is 0 Å². The minimum atomic E-state index is -0.332. The van der Waals surface area contributed by atoms with Crippen LogP contribution in [0.15, 0.2) is 24.5 Å². The highest BCUT2D eigenvalue weighted by atomic mass is 19.1. The smallest absolute Gasteiger partial charge is 0.252 e. The molecule has 0 radical (unpaired) electrons. The van der Waals surface area contributed by atoms with Gasteiger partial charge >= 0.3 is 0 Å². The first-order valence-electron chi connectivity index (χ1n) is 6.05. The molecule has 6 nitrogen and oxygen atoms in total. The zero-order valence-electron chi connectivity index (χ0n) is 11.0. The molecule has 0 unspecified atom stereocenters. The van der Waals surface area contributed by atoms with E-state index in [1.807, 2.05) is 6.07 Å². The second kappa shape index (κ2) is 6.75. The highest BCUT2D eigenvalue weighted by molar-refractivity contribution is 5.41. The normalized spacial score (nSPS) is 10.4. The van der Waals surface area contributed by atoms with E-state index < -0.39 is 0 Å². The number of halogens is 1. The topological polar surface area (TPSA) is 75.8 Å². The van der Waals surface area contributed by atoms with E-state index in [0.717, 1.165) is 0 Å². The second-order valence-corrected chi connectivity index (χ2v) is 4.03. The molecule has 0 saturated carbocycles. The lowest BCUT2D eigenvalue weighted by Gasteiger charge is -2.11. The molecule has 0 bridgehead atoms. The SMILES string of the molecule is COCCNCc1c(F)cccc1-n1cnc(C#N)n1. The Labute approximate surface area is 115 Å².